The number of para-hydroxylation sites is 1. The summed E-state index contributed by atoms with van der Waals surface area (Å²) in [4.78, 5) is 11.0. The van der Waals surface area contributed by atoms with Crippen molar-refractivity contribution in [3.05, 3.63) is 54.4 Å². The number of imidazole rings is 1. The minimum atomic E-state index is 0.859. The van der Waals surface area contributed by atoms with Crippen LogP contribution in [0.15, 0.2) is 42.6 Å². The molecule has 0 aliphatic carbocycles. The van der Waals surface area contributed by atoms with E-state index in [1.807, 2.05) is 19.2 Å². The van der Waals surface area contributed by atoms with Crippen molar-refractivity contribution in [1.82, 2.24) is 15.0 Å². The standard InChI is InChI=1S/C16H12N3/c1-10-9-17-16(18-10)11-6-7-13-12-4-2-3-5-14(12)19-15(13)8-11/h2-7,9,19H,1H3,(H,17,18). The smallest absolute Gasteiger partial charge is 0.138 e. The number of aryl methyl sites for hydroxylation is 1. The Morgan fingerprint density at radius 3 is 2.79 bits per heavy atom. The van der Waals surface area contributed by atoms with E-state index in [4.69, 9.17) is 0 Å². The second kappa shape index (κ2) is 3.72. The van der Waals surface area contributed by atoms with Gasteiger partial charge in [-0.1, -0.05) is 24.3 Å². The van der Waals surface area contributed by atoms with Crippen LogP contribution in [0.2, 0.25) is 0 Å². The Morgan fingerprint density at radius 1 is 1.05 bits per heavy atom. The maximum absolute atomic E-state index is 4.44. The monoisotopic (exact) mass is 246 g/mol. The zero-order chi connectivity index (χ0) is 12.8. The molecule has 19 heavy (non-hydrogen) atoms. The van der Waals surface area contributed by atoms with E-state index in [9.17, 15) is 0 Å². The molecular weight excluding hydrogens is 234 g/mol. The van der Waals surface area contributed by atoms with E-state index in [0.29, 0.717) is 0 Å². The van der Waals surface area contributed by atoms with Gasteiger partial charge in [-0.15, -0.1) is 0 Å². The number of aromatic amines is 2. The minimum absolute atomic E-state index is 0.859. The third-order valence-corrected chi connectivity index (χ3v) is 3.38. The van der Waals surface area contributed by atoms with E-state index in [0.717, 1.165) is 28.1 Å². The molecule has 1 radical (unpaired) electrons. The number of hydrogen-bond acceptors (Lipinski definition) is 1. The summed E-state index contributed by atoms with van der Waals surface area (Å²) in [5.41, 5.74) is 4.13. The van der Waals surface area contributed by atoms with Gasteiger partial charge in [0.15, 0.2) is 0 Å². The second-order valence-corrected chi connectivity index (χ2v) is 4.72. The fourth-order valence-corrected chi connectivity index (χ4v) is 2.47. The molecule has 0 saturated carbocycles. The zero-order valence-electron chi connectivity index (χ0n) is 10.5. The first-order valence-corrected chi connectivity index (χ1v) is 6.26. The molecule has 4 rings (SSSR count). The number of hydrogen-bond donors (Lipinski definition) is 2. The molecule has 3 heteroatoms. The largest absolute Gasteiger partial charge is 0.354 e. The van der Waals surface area contributed by atoms with Gasteiger partial charge in [0.25, 0.3) is 0 Å². The Morgan fingerprint density at radius 2 is 1.95 bits per heavy atom. The van der Waals surface area contributed by atoms with E-state index in [1.54, 1.807) is 0 Å². The van der Waals surface area contributed by atoms with E-state index >= 15 is 0 Å². The van der Waals surface area contributed by atoms with Crippen molar-refractivity contribution in [2.75, 3.05) is 0 Å². The third kappa shape index (κ3) is 1.55. The second-order valence-electron chi connectivity index (χ2n) is 4.72. The van der Waals surface area contributed by atoms with Crippen LogP contribution in [0.5, 0.6) is 0 Å². The molecule has 0 fully saturated rings. The van der Waals surface area contributed by atoms with Crippen LogP contribution in [0, 0.1) is 13.0 Å². The maximum atomic E-state index is 4.44. The van der Waals surface area contributed by atoms with Crippen LogP contribution in [0.4, 0.5) is 0 Å². The molecule has 0 bridgehead atoms. The van der Waals surface area contributed by atoms with Gasteiger partial charge in [0.05, 0.1) is 11.2 Å². The lowest BCUT2D eigenvalue weighted by Gasteiger charge is -1.96. The van der Waals surface area contributed by atoms with Gasteiger partial charge in [-0.3, -0.25) is 0 Å². The van der Waals surface area contributed by atoms with Gasteiger partial charge in [0.1, 0.15) is 5.82 Å². The summed E-state index contributed by atoms with van der Waals surface area (Å²) in [6.07, 6.45) is 1.90. The van der Waals surface area contributed by atoms with E-state index < -0.39 is 0 Å². The summed E-state index contributed by atoms with van der Waals surface area (Å²) in [5.74, 6) is 0.859. The highest BCUT2D eigenvalue weighted by Gasteiger charge is 2.07. The molecular formula is C16H12N3. The molecule has 2 N–H and O–H groups in total. The van der Waals surface area contributed by atoms with Gasteiger partial charge in [0, 0.05) is 34.1 Å². The molecule has 2 heterocycles. The third-order valence-electron chi connectivity index (χ3n) is 3.38. The van der Waals surface area contributed by atoms with Crippen molar-refractivity contribution in [1.29, 1.82) is 0 Å². The molecule has 0 atom stereocenters. The molecule has 0 spiro atoms. The number of benzene rings is 2. The highest BCUT2D eigenvalue weighted by molar-refractivity contribution is 6.07. The van der Waals surface area contributed by atoms with Gasteiger partial charge >= 0.3 is 0 Å². The summed E-state index contributed by atoms with van der Waals surface area (Å²) in [7, 11) is 0. The first kappa shape index (κ1) is 10.4. The van der Waals surface area contributed by atoms with Gasteiger partial charge in [-0.2, -0.15) is 0 Å². The van der Waals surface area contributed by atoms with Crippen molar-refractivity contribution >= 4 is 21.8 Å². The molecule has 91 valence electrons. The highest BCUT2D eigenvalue weighted by Crippen LogP contribution is 2.27. The van der Waals surface area contributed by atoms with Crippen LogP contribution in [-0.2, 0) is 0 Å². The van der Waals surface area contributed by atoms with E-state index in [-0.39, 0.29) is 0 Å². The van der Waals surface area contributed by atoms with Gasteiger partial charge in [-0.25, -0.2) is 4.98 Å². The maximum Gasteiger partial charge on any atom is 0.138 e. The Balaban J connectivity index is 1.99. The average Bonchev–Trinajstić information content (AvgIpc) is 3.01. The van der Waals surface area contributed by atoms with Gasteiger partial charge in [0.2, 0.25) is 0 Å². The van der Waals surface area contributed by atoms with Gasteiger partial charge < -0.3 is 9.97 Å². The summed E-state index contributed by atoms with van der Waals surface area (Å²) in [6, 6.07) is 15.9. The Hall–Kier alpha value is -2.55. The van der Waals surface area contributed by atoms with Crippen molar-refractivity contribution in [3.8, 4) is 11.4 Å². The average molecular weight is 246 g/mol. The number of nitrogens with zero attached hydrogens (tertiary/aromatic N) is 1. The molecule has 0 unspecified atom stereocenters. The molecule has 0 amide bonds. The van der Waals surface area contributed by atoms with Crippen molar-refractivity contribution < 1.29 is 0 Å². The van der Waals surface area contributed by atoms with Crippen LogP contribution in [-0.4, -0.2) is 15.0 Å². The lowest BCUT2D eigenvalue weighted by atomic mass is 10.1. The summed E-state index contributed by atoms with van der Waals surface area (Å²) >= 11 is 0. The van der Waals surface area contributed by atoms with E-state index in [2.05, 4.69) is 51.4 Å². The predicted molar refractivity (Wildman–Crippen MR) is 77.0 cm³/mol. The fourth-order valence-electron chi connectivity index (χ4n) is 2.47. The number of fused-ring (bicyclic) bond motifs is 3. The lowest BCUT2D eigenvalue weighted by Crippen LogP contribution is -1.81. The Kier molecular flexibility index (Phi) is 2.03. The fraction of sp³-hybridized carbons (Fsp3) is 0.0625. The summed E-state index contributed by atoms with van der Waals surface area (Å²) < 4.78 is 0. The highest BCUT2D eigenvalue weighted by atomic mass is 14.9. The molecule has 0 aliphatic rings. The quantitative estimate of drug-likeness (QED) is 0.527. The first-order chi connectivity index (χ1) is 9.31. The molecule has 0 aliphatic heterocycles. The number of nitrogens with one attached hydrogen (secondary N) is 2. The van der Waals surface area contributed by atoms with Gasteiger partial charge in [-0.05, 0) is 19.1 Å². The SMILES string of the molecule is Cc1c[nH]c(-c2[c]c3[nH]c4ccccc4c3cc2)n1. The Labute approximate surface area is 110 Å². The topological polar surface area (TPSA) is 44.5 Å². The van der Waals surface area contributed by atoms with Crippen LogP contribution in [0.3, 0.4) is 0 Å². The molecule has 2 aromatic heterocycles. The summed E-state index contributed by atoms with van der Waals surface area (Å²) in [6.45, 7) is 1.97. The van der Waals surface area contributed by atoms with Crippen LogP contribution in [0.1, 0.15) is 5.69 Å². The number of H-pyrrole nitrogens is 2. The number of aromatic nitrogens is 3. The van der Waals surface area contributed by atoms with Crippen LogP contribution >= 0.6 is 0 Å². The Bertz CT molecular complexity index is 883. The van der Waals surface area contributed by atoms with Crippen molar-refractivity contribution in [2.45, 2.75) is 6.92 Å². The van der Waals surface area contributed by atoms with Crippen molar-refractivity contribution in [3.63, 3.8) is 0 Å². The van der Waals surface area contributed by atoms with Crippen LogP contribution < -0.4 is 0 Å². The molecule has 2 aromatic carbocycles. The molecule has 3 nitrogen and oxygen atoms in total. The van der Waals surface area contributed by atoms with E-state index in [1.165, 1.54) is 10.8 Å². The first-order valence-electron chi connectivity index (χ1n) is 6.26. The lowest BCUT2D eigenvalue weighted by molar-refractivity contribution is 1.26. The normalized spacial score (nSPS) is 11.4. The molecule has 4 aromatic rings. The van der Waals surface area contributed by atoms with Crippen molar-refractivity contribution in [2.24, 2.45) is 0 Å². The summed E-state index contributed by atoms with van der Waals surface area (Å²) in [5, 5.41) is 2.43. The number of rotatable bonds is 1. The zero-order valence-corrected chi connectivity index (χ0v) is 10.5. The minimum Gasteiger partial charge on any atom is -0.354 e. The van der Waals surface area contributed by atoms with Crippen LogP contribution in [0.25, 0.3) is 33.2 Å². The molecule has 0 saturated heterocycles. The predicted octanol–water partition coefficient (Wildman–Crippen LogP) is 3.82.